The summed E-state index contributed by atoms with van der Waals surface area (Å²) >= 11 is 7.79. The maximum absolute atomic E-state index is 6.07. The zero-order chi connectivity index (χ0) is 14.7. The lowest BCUT2D eigenvalue weighted by molar-refractivity contribution is 0.471. The molecule has 1 unspecified atom stereocenters. The van der Waals surface area contributed by atoms with Gasteiger partial charge in [0, 0.05) is 10.9 Å². The highest BCUT2D eigenvalue weighted by Gasteiger charge is 2.22. The van der Waals surface area contributed by atoms with Gasteiger partial charge in [0.1, 0.15) is 0 Å². The largest absolute Gasteiger partial charge is 0.314 e. The number of nitrogens with one attached hydrogen (secondary N) is 1. The van der Waals surface area contributed by atoms with E-state index in [0.717, 1.165) is 29.8 Å². The Bertz CT molecular complexity index is 588. The van der Waals surface area contributed by atoms with Gasteiger partial charge in [0.2, 0.25) is 0 Å². The van der Waals surface area contributed by atoms with E-state index >= 15 is 0 Å². The van der Waals surface area contributed by atoms with E-state index in [0.29, 0.717) is 5.92 Å². The molecule has 2 aromatic rings. The molecule has 1 N–H and O–H groups in total. The first-order valence-corrected chi connectivity index (χ1v) is 8.92. The minimum atomic E-state index is 0.640. The average Bonchev–Trinajstić information content (AvgIpc) is 3.21. The molecule has 1 atom stereocenters. The molecule has 0 spiro atoms. The highest BCUT2D eigenvalue weighted by molar-refractivity contribution is 7.16. The Morgan fingerprint density at radius 1 is 1.19 bits per heavy atom. The highest BCUT2D eigenvalue weighted by atomic mass is 35.5. The monoisotopic (exact) mass is 319 g/mol. The Balaban J connectivity index is 1.67. The second kappa shape index (κ2) is 6.95. The van der Waals surface area contributed by atoms with Gasteiger partial charge in [-0.3, -0.25) is 0 Å². The van der Waals surface area contributed by atoms with Crippen LogP contribution in [-0.4, -0.2) is 12.6 Å². The van der Waals surface area contributed by atoms with Crippen molar-refractivity contribution in [1.29, 1.82) is 0 Å². The van der Waals surface area contributed by atoms with Crippen molar-refractivity contribution in [3.63, 3.8) is 0 Å². The van der Waals surface area contributed by atoms with E-state index in [1.165, 1.54) is 28.8 Å². The van der Waals surface area contributed by atoms with Gasteiger partial charge in [-0.15, -0.1) is 11.3 Å². The number of hydrogen-bond acceptors (Lipinski definition) is 2. The predicted molar refractivity (Wildman–Crippen MR) is 92.4 cm³/mol. The lowest BCUT2D eigenvalue weighted by atomic mass is 9.93. The topological polar surface area (TPSA) is 12.0 Å². The Labute approximate surface area is 136 Å². The standard InChI is InChI=1S/C18H22ClNS/c1-13-4-2-3-5-15(13)10-14(12-20-16-6-7-16)11-17-8-9-18(19)21-17/h2-5,8-9,14,16,20H,6-7,10-12H2,1H3. The molecule has 0 aliphatic heterocycles. The molecular formula is C18H22ClNS. The molecule has 0 bridgehead atoms. The van der Waals surface area contributed by atoms with E-state index < -0.39 is 0 Å². The molecule has 112 valence electrons. The molecule has 1 saturated carbocycles. The normalized spacial score (nSPS) is 16.1. The first-order chi connectivity index (χ1) is 10.2. The van der Waals surface area contributed by atoms with Gasteiger partial charge in [-0.2, -0.15) is 0 Å². The molecule has 1 heterocycles. The first-order valence-electron chi connectivity index (χ1n) is 7.73. The summed E-state index contributed by atoms with van der Waals surface area (Å²) in [6.45, 7) is 3.32. The van der Waals surface area contributed by atoms with Gasteiger partial charge < -0.3 is 5.32 Å². The summed E-state index contributed by atoms with van der Waals surface area (Å²) in [6.07, 6.45) is 4.96. The third-order valence-corrected chi connectivity index (χ3v) is 5.41. The number of hydrogen-bond donors (Lipinski definition) is 1. The van der Waals surface area contributed by atoms with Crippen molar-refractivity contribution in [2.45, 2.75) is 38.6 Å². The molecule has 0 amide bonds. The molecule has 0 radical (unpaired) electrons. The van der Waals surface area contributed by atoms with Gasteiger partial charge in [-0.1, -0.05) is 35.9 Å². The Morgan fingerprint density at radius 2 is 2.00 bits per heavy atom. The molecular weight excluding hydrogens is 298 g/mol. The predicted octanol–water partition coefficient (Wildman–Crippen LogP) is 4.86. The van der Waals surface area contributed by atoms with Crippen LogP contribution >= 0.6 is 22.9 Å². The SMILES string of the molecule is Cc1ccccc1CC(CNC1CC1)Cc1ccc(Cl)s1. The van der Waals surface area contributed by atoms with Crippen LogP contribution in [0.5, 0.6) is 0 Å². The van der Waals surface area contributed by atoms with Crippen LogP contribution in [0.2, 0.25) is 4.34 Å². The molecule has 1 fully saturated rings. The van der Waals surface area contributed by atoms with Crippen LogP contribution in [0, 0.1) is 12.8 Å². The quantitative estimate of drug-likeness (QED) is 0.768. The van der Waals surface area contributed by atoms with Crippen molar-refractivity contribution in [3.8, 4) is 0 Å². The summed E-state index contributed by atoms with van der Waals surface area (Å²) in [4.78, 5) is 1.40. The zero-order valence-electron chi connectivity index (χ0n) is 12.4. The second-order valence-electron chi connectivity index (χ2n) is 6.09. The number of thiophene rings is 1. The Morgan fingerprint density at radius 3 is 2.67 bits per heavy atom. The van der Waals surface area contributed by atoms with Crippen molar-refractivity contribution in [2.75, 3.05) is 6.54 Å². The summed E-state index contributed by atoms with van der Waals surface area (Å²) in [5, 5.41) is 3.70. The van der Waals surface area contributed by atoms with E-state index in [4.69, 9.17) is 11.6 Å². The summed E-state index contributed by atoms with van der Waals surface area (Å²) in [5.74, 6) is 0.640. The van der Waals surface area contributed by atoms with E-state index in [-0.39, 0.29) is 0 Å². The van der Waals surface area contributed by atoms with E-state index in [2.05, 4.69) is 42.6 Å². The van der Waals surface area contributed by atoms with Crippen molar-refractivity contribution in [2.24, 2.45) is 5.92 Å². The fourth-order valence-corrected chi connectivity index (χ4v) is 3.94. The molecule has 0 saturated heterocycles. The van der Waals surface area contributed by atoms with E-state index in [1.807, 2.05) is 6.07 Å². The summed E-state index contributed by atoms with van der Waals surface area (Å²) in [6, 6.07) is 13.7. The zero-order valence-corrected chi connectivity index (χ0v) is 14.0. The van der Waals surface area contributed by atoms with Crippen LogP contribution in [0.3, 0.4) is 0 Å². The van der Waals surface area contributed by atoms with E-state index in [1.54, 1.807) is 11.3 Å². The minimum absolute atomic E-state index is 0.640. The first kappa shape index (κ1) is 15.1. The van der Waals surface area contributed by atoms with Gasteiger partial charge in [0.15, 0.2) is 0 Å². The van der Waals surface area contributed by atoms with Gasteiger partial charge in [0.25, 0.3) is 0 Å². The number of halogens is 1. The highest BCUT2D eigenvalue weighted by Crippen LogP contribution is 2.26. The molecule has 1 aliphatic rings. The summed E-state index contributed by atoms with van der Waals surface area (Å²) in [5.41, 5.74) is 2.88. The maximum Gasteiger partial charge on any atom is 0.0931 e. The number of benzene rings is 1. The van der Waals surface area contributed by atoms with E-state index in [9.17, 15) is 0 Å². The van der Waals surface area contributed by atoms with Crippen molar-refractivity contribution >= 4 is 22.9 Å². The molecule has 1 aliphatic carbocycles. The maximum atomic E-state index is 6.07. The summed E-state index contributed by atoms with van der Waals surface area (Å²) < 4.78 is 0.898. The average molecular weight is 320 g/mol. The molecule has 1 aromatic carbocycles. The minimum Gasteiger partial charge on any atom is -0.314 e. The van der Waals surface area contributed by atoms with Crippen molar-refractivity contribution in [3.05, 3.63) is 56.7 Å². The second-order valence-corrected chi connectivity index (χ2v) is 7.89. The van der Waals surface area contributed by atoms with Crippen LogP contribution in [-0.2, 0) is 12.8 Å². The smallest absolute Gasteiger partial charge is 0.0931 e. The molecule has 21 heavy (non-hydrogen) atoms. The summed E-state index contributed by atoms with van der Waals surface area (Å²) in [7, 11) is 0. The third kappa shape index (κ3) is 4.57. The van der Waals surface area contributed by atoms with Crippen LogP contribution in [0.4, 0.5) is 0 Å². The van der Waals surface area contributed by atoms with Crippen LogP contribution in [0.1, 0.15) is 28.8 Å². The fourth-order valence-electron chi connectivity index (χ4n) is 2.73. The number of aryl methyl sites for hydroxylation is 1. The Kier molecular flexibility index (Phi) is 4.99. The van der Waals surface area contributed by atoms with Gasteiger partial charge >= 0.3 is 0 Å². The molecule has 3 heteroatoms. The van der Waals surface area contributed by atoms with Crippen LogP contribution < -0.4 is 5.32 Å². The van der Waals surface area contributed by atoms with Crippen molar-refractivity contribution < 1.29 is 0 Å². The molecule has 3 rings (SSSR count). The molecule has 1 aromatic heterocycles. The fraction of sp³-hybridized carbons (Fsp3) is 0.444. The Hall–Kier alpha value is -0.830. The van der Waals surface area contributed by atoms with Crippen molar-refractivity contribution in [1.82, 2.24) is 5.32 Å². The number of rotatable bonds is 7. The van der Waals surface area contributed by atoms with Crippen LogP contribution in [0.15, 0.2) is 36.4 Å². The van der Waals surface area contributed by atoms with Gasteiger partial charge in [-0.25, -0.2) is 0 Å². The van der Waals surface area contributed by atoms with Gasteiger partial charge in [0.05, 0.1) is 4.34 Å². The third-order valence-electron chi connectivity index (χ3n) is 4.16. The van der Waals surface area contributed by atoms with Crippen LogP contribution in [0.25, 0.3) is 0 Å². The van der Waals surface area contributed by atoms with Gasteiger partial charge in [-0.05, 0) is 68.3 Å². The lowest BCUT2D eigenvalue weighted by Crippen LogP contribution is -2.27. The molecule has 1 nitrogen and oxygen atoms in total. The lowest BCUT2D eigenvalue weighted by Gasteiger charge is -2.18.